The Kier molecular flexibility index (Phi) is 5.08. The molecule has 0 spiro atoms. The van der Waals surface area contributed by atoms with Crippen molar-refractivity contribution < 1.29 is 22.7 Å². The molecule has 1 aliphatic rings. The van der Waals surface area contributed by atoms with Gasteiger partial charge in [0.05, 0.1) is 24.3 Å². The first-order chi connectivity index (χ1) is 10.2. The van der Waals surface area contributed by atoms with Crippen molar-refractivity contribution in [3.05, 3.63) is 29.8 Å². The zero-order valence-electron chi connectivity index (χ0n) is 12.5. The Balaban J connectivity index is 1.89. The molecule has 1 aromatic rings. The van der Waals surface area contributed by atoms with E-state index in [4.69, 9.17) is 4.74 Å². The van der Waals surface area contributed by atoms with Crippen molar-refractivity contribution in [2.24, 2.45) is 0 Å². The van der Waals surface area contributed by atoms with Crippen LogP contribution in [0, 0.1) is 0 Å². The van der Waals surface area contributed by atoms with Gasteiger partial charge in [-0.1, -0.05) is 0 Å². The van der Waals surface area contributed by atoms with Gasteiger partial charge in [0.15, 0.2) is 0 Å². The van der Waals surface area contributed by atoms with E-state index in [1.54, 1.807) is 0 Å². The maximum Gasteiger partial charge on any atom is 0.416 e. The summed E-state index contributed by atoms with van der Waals surface area (Å²) in [6.45, 7) is 5.39. The first kappa shape index (κ1) is 16.8. The van der Waals surface area contributed by atoms with Crippen molar-refractivity contribution in [1.29, 1.82) is 0 Å². The minimum atomic E-state index is -4.37. The van der Waals surface area contributed by atoms with Crippen molar-refractivity contribution in [3.63, 3.8) is 0 Å². The minimum Gasteiger partial charge on any atom is -0.373 e. The fourth-order valence-electron chi connectivity index (χ4n) is 2.56. The van der Waals surface area contributed by atoms with Gasteiger partial charge in [-0.3, -0.25) is 9.69 Å². The largest absolute Gasteiger partial charge is 0.416 e. The average Bonchev–Trinajstić information content (AvgIpc) is 2.36. The molecule has 1 saturated heterocycles. The molecule has 1 aromatic carbocycles. The molecule has 4 nitrogen and oxygen atoms in total. The number of benzene rings is 1. The number of hydrogen-bond donors (Lipinski definition) is 1. The van der Waals surface area contributed by atoms with Crippen LogP contribution in [0.5, 0.6) is 0 Å². The van der Waals surface area contributed by atoms with Gasteiger partial charge < -0.3 is 10.1 Å². The Hall–Kier alpha value is -1.60. The second kappa shape index (κ2) is 6.66. The molecular formula is C15H19F3N2O2. The summed E-state index contributed by atoms with van der Waals surface area (Å²) >= 11 is 0. The summed E-state index contributed by atoms with van der Waals surface area (Å²) < 4.78 is 43.0. The minimum absolute atomic E-state index is 0.0580. The predicted octanol–water partition coefficient (Wildman–Crippen LogP) is 2.75. The Labute approximate surface area is 127 Å². The average molecular weight is 316 g/mol. The second-order valence-corrected chi connectivity index (χ2v) is 5.57. The molecule has 1 aliphatic heterocycles. The molecule has 0 aromatic heterocycles. The first-order valence-corrected chi connectivity index (χ1v) is 7.09. The summed E-state index contributed by atoms with van der Waals surface area (Å²) in [6.07, 6.45) is -4.26. The quantitative estimate of drug-likeness (QED) is 0.932. The third-order valence-electron chi connectivity index (χ3n) is 3.36. The number of nitrogens with zero attached hydrogens (tertiary/aromatic N) is 1. The van der Waals surface area contributed by atoms with E-state index in [2.05, 4.69) is 5.32 Å². The van der Waals surface area contributed by atoms with Crippen LogP contribution in [-0.2, 0) is 15.7 Å². The molecule has 122 valence electrons. The van der Waals surface area contributed by atoms with Gasteiger partial charge in [-0.25, -0.2) is 0 Å². The number of alkyl halides is 3. The smallest absolute Gasteiger partial charge is 0.373 e. The molecule has 22 heavy (non-hydrogen) atoms. The molecule has 7 heteroatoms. The summed E-state index contributed by atoms with van der Waals surface area (Å²) in [6, 6.07) is 4.42. The van der Waals surface area contributed by atoms with Gasteiger partial charge in [0.25, 0.3) is 0 Å². The highest BCUT2D eigenvalue weighted by Gasteiger charge is 2.30. The van der Waals surface area contributed by atoms with Gasteiger partial charge in [-0.15, -0.1) is 0 Å². The van der Waals surface area contributed by atoms with Gasteiger partial charge in [0.2, 0.25) is 5.91 Å². The van der Waals surface area contributed by atoms with E-state index in [1.807, 2.05) is 18.7 Å². The van der Waals surface area contributed by atoms with Crippen LogP contribution in [0.15, 0.2) is 24.3 Å². The Bertz CT molecular complexity index is 507. The van der Waals surface area contributed by atoms with Crippen molar-refractivity contribution in [2.75, 3.05) is 25.0 Å². The highest BCUT2D eigenvalue weighted by Crippen LogP contribution is 2.29. The lowest BCUT2D eigenvalue weighted by molar-refractivity contribution is -0.137. The lowest BCUT2D eigenvalue weighted by Gasteiger charge is -2.34. The zero-order valence-corrected chi connectivity index (χ0v) is 12.5. The van der Waals surface area contributed by atoms with Crippen LogP contribution in [0.2, 0.25) is 0 Å². The zero-order chi connectivity index (χ0) is 16.3. The maximum atomic E-state index is 12.5. The highest BCUT2D eigenvalue weighted by molar-refractivity contribution is 5.92. The Morgan fingerprint density at radius 2 is 1.77 bits per heavy atom. The summed E-state index contributed by atoms with van der Waals surface area (Å²) in [7, 11) is 0. The van der Waals surface area contributed by atoms with Crippen LogP contribution < -0.4 is 5.32 Å². The summed E-state index contributed by atoms with van der Waals surface area (Å²) in [5.74, 6) is -0.249. The lowest BCUT2D eigenvalue weighted by Crippen LogP contribution is -2.48. The normalized spacial score (nSPS) is 23.3. The fourth-order valence-corrected chi connectivity index (χ4v) is 2.56. The second-order valence-electron chi connectivity index (χ2n) is 5.57. The van der Waals surface area contributed by atoms with E-state index in [0.29, 0.717) is 18.8 Å². The van der Waals surface area contributed by atoms with Crippen LogP contribution in [0.3, 0.4) is 0 Å². The third kappa shape index (κ3) is 4.71. The molecule has 0 aliphatic carbocycles. The van der Waals surface area contributed by atoms with Crippen molar-refractivity contribution in [3.8, 4) is 0 Å². The monoisotopic (exact) mass is 316 g/mol. The van der Waals surface area contributed by atoms with Crippen LogP contribution in [0.25, 0.3) is 0 Å². The molecule has 0 radical (unpaired) electrons. The van der Waals surface area contributed by atoms with E-state index < -0.39 is 11.7 Å². The lowest BCUT2D eigenvalue weighted by atomic mass is 10.2. The first-order valence-electron chi connectivity index (χ1n) is 7.09. The van der Waals surface area contributed by atoms with E-state index in [1.165, 1.54) is 12.1 Å². The number of ether oxygens (including phenoxy) is 1. The molecule has 0 saturated carbocycles. The van der Waals surface area contributed by atoms with Gasteiger partial charge in [-0.05, 0) is 38.1 Å². The van der Waals surface area contributed by atoms with Crippen LogP contribution in [0.1, 0.15) is 19.4 Å². The van der Waals surface area contributed by atoms with Gasteiger partial charge in [0.1, 0.15) is 0 Å². The number of halogens is 3. The van der Waals surface area contributed by atoms with Crippen molar-refractivity contribution in [1.82, 2.24) is 4.90 Å². The number of anilines is 1. The fraction of sp³-hybridized carbons (Fsp3) is 0.533. The maximum absolute atomic E-state index is 12.5. The number of morpholine rings is 1. The number of carbonyl (C=O) groups excluding carboxylic acids is 1. The SMILES string of the molecule is C[C@@H]1CN(CC(=O)Nc2ccc(C(F)(F)F)cc2)C[C@H](C)O1. The summed E-state index contributed by atoms with van der Waals surface area (Å²) in [5, 5.41) is 2.61. The van der Waals surface area contributed by atoms with Crippen LogP contribution >= 0.6 is 0 Å². The molecular weight excluding hydrogens is 297 g/mol. The molecule has 2 atom stereocenters. The Morgan fingerprint density at radius 1 is 1.23 bits per heavy atom. The number of amides is 1. The molecule has 0 unspecified atom stereocenters. The number of hydrogen-bond acceptors (Lipinski definition) is 3. The van der Waals surface area contributed by atoms with Gasteiger partial charge in [-0.2, -0.15) is 13.2 Å². The summed E-state index contributed by atoms with van der Waals surface area (Å²) in [4.78, 5) is 13.9. The van der Waals surface area contributed by atoms with E-state index >= 15 is 0 Å². The van der Waals surface area contributed by atoms with Crippen molar-refractivity contribution >= 4 is 11.6 Å². The highest BCUT2D eigenvalue weighted by atomic mass is 19.4. The van der Waals surface area contributed by atoms with E-state index in [9.17, 15) is 18.0 Å². The third-order valence-corrected chi connectivity index (χ3v) is 3.36. The molecule has 0 bridgehead atoms. The van der Waals surface area contributed by atoms with Gasteiger partial charge in [0, 0.05) is 18.8 Å². The van der Waals surface area contributed by atoms with E-state index in [-0.39, 0.29) is 24.7 Å². The standard InChI is InChI=1S/C15H19F3N2O2/c1-10-7-20(8-11(2)22-10)9-14(21)19-13-5-3-12(4-6-13)15(16,17)18/h3-6,10-11H,7-9H2,1-2H3,(H,19,21)/t10-,11+. The summed E-state index contributed by atoms with van der Waals surface area (Å²) in [5.41, 5.74) is -0.381. The van der Waals surface area contributed by atoms with E-state index in [0.717, 1.165) is 12.1 Å². The Morgan fingerprint density at radius 3 is 2.27 bits per heavy atom. The van der Waals surface area contributed by atoms with Crippen LogP contribution in [-0.4, -0.2) is 42.6 Å². The number of nitrogens with one attached hydrogen (secondary N) is 1. The van der Waals surface area contributed by atoms with Gasteiger partial charge >= 0.3 is 6.18 Å². The molecule has 1 amide bonds. The topological polar surface area (TPSA) is 41.6 Å². The molecule has 1 N–H and O–H groups in total. The number of carbonyl (C=O) groups is 1. The predicted molar refractivity (Wildman–Crippen MR) is 76.5 cm³/mol. The van der Waals surface area contributed by atoms with Crippen molar-refractivity contribution in [2.45, 2.75) is 32.2 Å². The molecule has 1 heterocycles. The number of rotatable bonds is 3. The molecule has 2 rings (SSSR count). The molecule has 1 fully saturated rings. The van der Waals surface area contributed by atoms with Crippen LogP contribution in [0.4, 0.5) is 18.9 Å².